The second kappa shape index (κ2) is 11.5. The topological polar surface area (TPSA) is 64.7 Å². The molecule has 5 nitrogen and oxygen atoms in total. The van der Waals surface area contributed by atoms with E-state index < -0.39 is 0 Å². The zero-order chi connectivity index (χ0) is 36.0. The molecule has 3 heterocycles. The van der Waals surface area contributed by atoms with Crippen LogP contribution in [-0.4, -0.2) is 19.9 Å². The number of pyridine rings is 1. The summed E-state index contributed by atoms with van der Waals surface area (Å²) in [5, 5.41) is 5.54. The van der Waals surface area contributed by atoms with Crippen molar-refractivity contribution < 1.29 is 4.42 Å². The van der Waals surface area contributed by atoms with Gasteiger partial charge in [-0.05, 0) is 98.8 Å². The molecule has 0 fully saturated rings. The van der Waals surface area contributed by atoms with Crippen LogP contribution in [0.3, 0.4) is 0 Å². The lowest BCUT2D eigenvalue weighted by atomic mass is 9.82. The molecule has 3 aromatic heterocycles. The minimum atomic E-state index is -0.148. The van der Waals surface area contributed by atoms with Crippen molar-refractivity contribution in [3.63, 3.8) is 0 Å². The van der Waals surface area contributed by atoms with Gasteiger partial charge in [-0.3, -0.25) is 4.98 Å². The number of nitrogens with zero attached hydrogens (tertiary/aromatic N) is 4. The Morgan fingerprint density at radius 3 is 1.89 bits per heavy atom. The van der Waals surface area contributed by atoms with E-state index in [1.54, 1.807) is 0 Å². The molecule has 0 amide bonds. The van der Waals surface area contributed by atoms with Crippen LogP contribution in [0.25, 0.3) is 100 Å². The number of benzene rings is 7. The maximum Gasteiger partial charge on any atom is 0.164 e. The van der Waals surface area contributed by atoms with Crippen molar-refractivity contribution in [3.05, 3.63) is 169 Å². The first-order valence-electron chi connectivity index (χ1n) is 18.3. The second-order valence-electron chi connectivity index (χ2n) is 14.7. The quantitative estimate of drug-likeness (QED) is 0.184. The van der Waals surface area contributed by atoms with Gasteiger partial charge in [-0.1, -0.05) is 111 Å². The Labute approximate surface area is 311 Å². The van der Waals surface area contributed by atoms with Crippen molar-refractivity contribution in [1.82, 2.24) is 19.9 Å². The molecule has 254 valence electrons. The van der Waals surface area contributed by atoms with E-state index in [0.717, 1.165) is 71.4 Å². The smallest absolute Gasteiger partial charge is 0.164 e. The first-order valence-corrected chi connectivity index (χ1v) is 18.3. The molecule has 11 rings (SSSR count). The summed E-state index contributed by atoms with van der Waals surface area (Å²) in [6, 6.07) is 53.3. The maximum absolute atomic E-state index is 6.29. The molecule has 1 aliphatic rings. The number of rotatable bonds is 4. The molecule has 0 aliphatic heterocycles. The summed E-state index contributed by atoms with van der Waals surface area (Å²) in [6.45, 7) is 4.60. The first-order chi connectivity index (χ1) is 26.5. The number of aromatic nitrogens is 4. The van der Waals surface area contributed by atoms with Crippen molar-refractivity contribution in [3.8, 4) is 56.4 Å². The normalized spacial score (nSPS) is 13.1. The van der Waals surface area contributed by atoms with Crippen LogP contribution in [-0.2, 0) is 5.41 Å². The number of furan rings is 1. The van der Waals surface area contributed by atoms with Crippen molar-refractivity contribution in [2.75, 3.05) is 0 Å². The Morgan fingerprint density at radius 1 is 0.426 bits per heavy atom. The number of hydrogen-bond acceptors (Lipinski definition) is 5. The lowest BCUT2D eigenvalue weighted by molar-refractivity contribution is 0.660. The fraction of sp³-hybridized carbons (Fsp3) is 0.0612. The molecule has 54 heavy (non-hydrogen) atoms. The van der Waals surface area contributed by atoms with Gasteiger partial charge in [0.25, 0.3) is 0 Å². The number of hydrogen-bond donors (Lipinski definition) is 0. The van der Waals surface area contributed by atoms with Crippen molar-refractivity contribution >= 4 is 43.6 Å². The largest absolute Gasteiger partial charge is 0.456 e. The molecule has 0 saturated carbocycles. The first kappa shape index (κ1) is 30.6. The van der Waals surface area contributed by atoms with Crippen LogP contribution in [0.4, 0.5) is 0 Å². The highest BCUT2D eigenvalue weighted by atomic mass is 16.3. The third-order valence-corrected chi connectivity index (χ3v) is 11.1. The molecule has 0 unspecified atom stereocenters. The molecule has 1 aliphatic carbocycles. The predicted octanol–water partition coefficient (Wildman–Crippen LogP) is 12.4. The summed E-state index contributed by atoms with van der Waals surface area (Å²) in [4.78, 5) is 20.0. The van der Waals surface area contributed by atoms with Gasteiger partial charge in [-0.25, -0.2) is 15.0 Å². The number of para-hydroxylation sites is 1. The summed E-state index contributed by atoms with van der Waals surface area (Å²) in [7, 11) is 0. The van der Waals surface area contributed by atoms with E-state index >= 15 is 0 Å². The summed E-state index contributed by atoms with van der Waals surface area (Å²) in [5.74, 6) is 1.85. The van der Waals surface area contributed by atoms with E-state index in [0.29, 0.717) is 17.5 Å². The Morgan fingerprint density at radius 2 is 1.04 bits per heavy atom. The van der Waals surface area contributed by atoms with Gasteiger partial charge >= 0.3 is 0 Å². The monoisotopic (exact) mass is 692 g/mol. The van der Waals surface area contributed by atoms with Gasteiger partial charge in [0.1, 0.15) is 11.2 Å². The van der Waals surface area contributed by atoms with Crippen LogP contribution in [0.15, 0.2) is 162 Å². The van der Waals surface area contributed by atoms with E-state index in [-0.39, 0.29) is 5.41 Å². The average Bonchev–Trinajstić information content (AvgIpc) is 3.71. The molecule has 0 saturated heterocycles. The highest BCUT2D eigenvalue weighted by Gasteiger charge is 2.35. The van der Waals surface area contributed by atoms with Crippen LogP contribution in [0.1, 0.15) is 25.0 Å². The van der Waals surface area contributed by atoms with Crippen LogP contribution < -0.4 is 0 Å². The molecule has 0 spiro atoms. The van der Waals surface area contributed by atoms with Gasteiger partial charge in [0.2, 0.25) is 0 Å². The van der Waals surface area contributed by atoms with Crippen molar-refractivity contribution in [2.45, 2.75) is 19.3 Å². The van der Waals surface area contributed by atoms with E-state index in [1.165, 1.54) is 22.3 Å². The Kier molecular flexibility index (Phi) is 6.53. The van der Waals surface area contributed by atoms with E-state index in [1.807, 2.05) is 36.5 Å². The molecular formula is C49H32N4O. The van der Waals surface area contributed by atoms with Crippen LogP contribution in [0, 0.1) is 0 Å². The molecule has 7 aromatic carbocycles. The SMILES string of the molecule is CC1(C)c2ccccc2-c2ccc(-c3nc(-c4ccc5ccc(-c6ccc7ncccc7c6)cc5c4)nc(-c4ccc5c(c4)oc4ccccc45)n3)cc21. The average molecular weight is 693 g/mol. The third kappa shape index (κ3) is 4.79. The zero-order valence-electron chi connectivity index (χ0n) is 29.7. The van der Waals surface area contributed by atoms with Gasteiger partial charge < -0.3 is 4.42 Å². The zero-order valence-corrected chi connectivity index (χ0v) is 29.7. The van der Waals surface area contributed by atoms with Gasteiger partial charge in [0.05, 0.1) is 5.52 Å². The van der Waals surface area contributed by atoms with E-state index in [9.17, 15) is 0 Å². The van der Waals surface area contributed by atoms with E-state index in [2.05, 4.69) is 140 Å². The molecule has 0 atom stereocenters. The third-order valence-electron chi connectivity index (χ3n) is 11.1. The predicted molar refractivity (Wildman–Crippen MR) is 219 cm³/mol. The highest BCUT2D eigenvalue weighted by Crippen LogP contribution is 2.49. The maximum atomic E-state index is 6.29. The van der Waals surface area contributed by atoms with E-state index in [4.69, 9.17) is 19.4 Å². The molecule has 0 bridgehead atoms. The molecule has 0 N–H and O–H groups in total. The van der Waals surface area contributed by atoms with Gasteiger partial charge in [-0.15, -0.1) is 0 Å². The van der Waals surface area contributed by atoms with Gasteiger partial charge in [0, 0.05) is 44.5 Å². The minimum absolute atomic E-state index is 0.148. The molecule has 10 aromatic rings. The van der Waals surface area contributed by atoms with Crippen LogP contribution in [0.5, 0.6) is 0 Å². The molecule has 0 radical (unpaired) electrons. The lowest BCUT2D eigenvalue weighted by Gasteiger charge is -2.21. The minimum Gasteiger partial charge on any atom is -0.456 e. The van der Waals surface area contributed by atoms with Gasteiger partial charge in [0.15, 0.2) is 17.5 Å². The fourth-order valence-corrected chi connectivity index (χ4v) is 8.29. The summed E-state index contributed by atoms with van der Waals surface area (Å²) >= 11 is 0. The van der Waals surface area contributed by atoms with Crippen molar-refractivity contribution in [2.24, 2.45) is 0 Å². The van der Waals surface area contributed by atoms with Crippen molar-refractivity contribution in [1.29, 1.82) is 0 Å². The second-order valence-corrected chi connectivity index (χ2v) is 14.7. The Balaban J connectivity index is 1.07. The number of fused-ring (bicyclic) bond motifs is 8. The van der Waals surface area contributed by atoms with Gasteiger partial charge in [-0.2, -0.15) is 0 Å². The summed E-state index contributed by atoms with van der Waals surface area (Å²) in [5.41, 5.74) is 12.7. The Hall–Kier alpha value is -6.98. The standard InChI is InChI=1S/C49H32N4O/c1-49(2)41-11-5-3-9-37(41)38-20-17-34(27-42(38)49)47-51-46(52-48(53-47)35-18-21-40-39-10-4-6-12-44(39)54-45(40)28-35)33-16-14-29-13-15-30(25-36(29)26-33)31-19-22-43-32(24-31)8-7-23-50-43/h3-28H,1-2H3. The highest BCUT2D eigenvalue weighted by molar-refractivity contribution is 6.05. The fourth-order valence-electron chi connectivity index (χ4n) is 8.29. The Bertz CT molecular complexity index is 3160. The summed E-state index contributed by atoms with van der Waals surface area (Å²) < 4.78 is 6.29. The molecular weight excluding hydrogens is 661 g/mol. The summed E-state index contributed by atoms with van der Waals surface area (Å²) in [6.07, 6.45) is 1.83. The molecule has 5 heteroatoms. The van der Waals surface area contributed by atoms with Crippen LogP contribution >= 0.6 is 0 Å². The lowest BCUT2D eigenvalue weighted by Crippen LogP contribution is -2.15. The van der Waals surface area contributed by atoms with Crippen LogP contribution in [0.2, 0.25) is 0 Å².